The van der Waals surface area contributed by atoms with E-state index in [0.29, 0.717) is 26.1 Å². The Bertz CT molecular complexity index is 502. The van der Waals surface area contributed by atoms with Crippen LogP contribution in [0.3, 0.4) is 0 Å². The lowest BCUT2D eigenvalue weighted by Gasteiger charge is -2.24. The third-order valence-corrected chi connectivity index (χ3v) is 4.92. The van der Waals surface area contributed by atoms with Crippen molar-refractivity contribution in [1.82, 2.24) is 8.61 Å². The fraction of sp³-hybridized carbons (Fsp3) is 0.538. The van der Waals surface area contributed by atoms with E-state index in [2.05, 4.69) is 0 Å². The molecule has 0 bridgehead atoms. The van der Waals surface area contributed by atoms with Gasteiger partial charge in [0.05, 0.1) is 7.11 Å². The van der Waals surface area contributed by atoms with Crippen LogP contribution in [0.15, 0.2) is 24.3 Å². The Morgan fingerprint density at radius 2 is 1.75 bits per heavy atom. The van der Waals surface area contributed by atoms with E-state index in [1.165, 1.54) is 8.61 Å². The molecule has 0 radical (unpaired) electrons. The van der Waals surface area contributed by atoms with Crippen molar-refractivity contribution in [3.63, 3.8) is 0 Å². The van der Waals surface area contributed by atoms with E-state index < -0.39 is 10.2 Å². The van der Waals surface area contributed by atoms with Crippen molar-refractivity contribution < 1.29 is 13.2 Å². The predicted octanol–water partition coefficient (Wildman–Crippen LogP) is 0.652. The fourth-order valence-corrected chi connectivity index (χ4v) is 2.88. The quantitative estimate of drug-likeness (QED) is 0.765. The van der Waals surface area contributed by atoms with Crippen molar-refractivity contribution in [3.05, 3.63) is 29.8 Å². The van der Waals surface area contributed by atoms with Gasteiger partial charge in [-0.25, -0.2) is 0 Å². The number of nitrogens with two attached hydrogens (primary N) is 1. The highest BCUT2D eigenvalue weighted by atomic mass is 32.2. The Kier molecular flexibility index (Phi) is 6.41. The van der Waals surface area contributed by atoms with Crippen LogP contribution in [0, 0.1) is 0 Å². The Labute approximate surface area is 121 Å². The summed E-state index contributed by atoms with van der Waals surface area (Å²) in [7, 11) is 1.28. The largest absolute Gasteiger partial charge is 0.497 e. The van der Waals surface area contributed by atoms with Crippen LogP contribution in [0.25, 0.3) is 0 Å². The molecule has 20 heavy (non-hydrogen) atoms. The minimum absolute atomic E-state index is 0.319. The van der Waals surface area contributed by atoms with Gasteiger partial charge in [0.15, 0.2) is 0 Å². The second kappa shape index (κ2) is 7.58. The summed E-state index contributed by atoms with van der Waals surface area (Å²) in [6, 6.07) is 7.33. The van der Waals surface area contributed by atoms with Gasteiger partial charge < -0.3 is 10.5 Å². The molecule has 2 N–H and O–H groups in total. The smallest absolute Gasteiger partial charge is 0.281 e. The van der Waals surface area contributed by atoms with E-state index in [9.17, 15) is 8.42 Å². The summed E-state index contributed by atoms with van der Waals surface area (Å²) >= 11 is 0. The van der Waals surface area contributed by atoms with Crippen molar-refractivity contribution in [2.24, 2.45) is 5.73 Å². The standard InChI is InChI=1S/C13H23N3O3S/c1-15(10-4-9-14)20(17,18)16(2)11-12-5-7-13(19-3)8-6-12/h5-8H,4,9-11,14H2,1-3H3. The average molecular weight is 301 g/mol. The molecule has 0 saturated carbocycles. The highest BCUT2D eigenvalue weighted by molar-refractivity contribution is 7.86. The highest BCUT2D eigenvalue weighted by Crippen LogP contribution is 2.14. The summed E-state index contributed by atoms with van der Waals surface area (Å²) in [5.74, 6) is 0.749. The molecule has 6 nitrogen and oxygen atoms in total. The zero-order valence-electron chi connectivity index (χ0n) is 12.2. The van der Waals surface area contributed by atoms with Crippen LogP contribution in [0.1, 0.15) is 12.0 Å². The molecule has 7 heteroatoms. The van der Waals surface area contributed by atoms with Gasteiger partial charge in [0.2, 0.25) is 0 Å². The summed E-state index contributed by atoms with van der Waals surface area (Å²) in [6.07, 6.45) is 0.645. The number of benzene rings is 1. The lowest BCUT2D eigenvalue weighted by Crippen LogP contribution is -2.40. The molecule has 0 unspecified atom stereocenters. The van der Waals surface area contributed by atoms with E-state index in [1.807, 2.05) is 24.3 Å². The van der Waals surface area contributed by atoms with E-state index in [-0.39, 0.29) is 0 Å². The molecule has 0 aliphatic heterocycles. The second-order valence-corrected chi connectivity index (χ2v) is 6.72. The molecule has 1 aromatic rings. The molecular formula is C13H23N3O3S. The molecule has 1 rings (SSSR count). The van der Waals surface area contributed by atoms with Gasteiger partial charge in [0.1, 0.15) is 5.75 Å². The van der Waals surface area contributed by atoms with Crippen LogP contribution < -0.4 is 10.5 Å². The molecule has 0 amide bonds. The molecule has 0 fully saturated rings. The predicted molar refractivity (Wildman–Crippen MR) is 79.7 cm³/mol. The summed E-state index contributed by atoms with van der Waals surface area (Å²) in [5.41, 5.74) is 6.31. The fourth-order valence-electron chi connectivity index (χ4n) is 1.74. The summed E-state index contributed by atoms with van der Waals surface area (Å²) in [6.45, 7) is 1.22. The number of hydrogen-bond donors (Lipinski definition) is 1. The van der Waals surface area contributed by atoms with Gasteiger partial charge in [-0.05, 0) is 30.7 Å². The number of methoxy groups -OCH3 is 1. The average Bonchev–Trinajstić information content (AvgIpc) is 2.45. The van der Waals surface area contributed by atoms with E-state index in [4.69, 9.17) is 10.5 Å². The second-order valence-electron chi connectivity index (χ2n) is 4.58. The lowest BCUT2D eigenvalue weighted by atomic mass is 10.2. The molecule has 1 aromatic carbocycles. The molecule has 0 aliphatic rings. The first-order valence-corrected chi connectivity index (χ1v) is 7.82. The minimum Gasteiger partial charge on any atom is -0.497 e. The zero-order chi connectivity index (χ0) is 15.2. The monoisotopic (exact) mass is 301 g/mol. The number of ether oxygens (including phenoxy) is 1. The maximum absolute atomic E-state index is 12.3. The van der Waals surface area contributed by atoms with E-state index in [1.54, 1.807) is 21.2 Å². The van der Waals surface area contributed by atoms with E-state index >= 15 is 0 Å². The van der Waals surface area contributed by atoms with Gasteiger partial charge >= 0.3 is 0 Å². The van der Waals surface area contributed by atoms with Gasteiger partial charge in [0, 0.05) is 27.2 Å². The first kappa shape index (κ1) is 16.9. The van der Waals surface area contributed by atoms with Gasteiger partial charge in [-0.3, -0.25) is 0 Å². The first-order valence-electron chi connectivity index (χ1n) is 6.42. The summed E-state index contributed by atoms with van der Waals surface area (Å²) in [5, 5.41) is 0. The molecule has 0 heterocycles. The van der Waals surface area contributed by atoms with Crippen LogP contribution >= 0.6 is 0 Å². The van der Waals surface area contributed by atoms with Crippen LogP contribution in [0.5, 0.6) is 5.75 Å². The number of hydrogen-bond acceptors (Lipinski definition) is 4. The van der Waals surface area contributed by atoms with E-state index in [0.717, 1.165) is 11.3 Å². The van der Waals surface area contributed by atoms with Gasteiger partial charge in [-0.15, -0.1) is 0 Å². The Balaban J connectivity index is 2.70. The van der Waals surface area contributed by atoms with Crippen molar-refractivity contribution in [1.29, 1.82) is 0 Å². The third kappa shape index (κ3) is 4.45. The Morgan fingerprint density at radius 1 is 1.15 bits per heavy atom. The lowest BCUT2D eigenvalue weighted by molar-refractivity contribution is 0.386. The van der Waals surface area contributed by atoms with Crippen molar-refractivity contribution in [3.8, 4) is 5.75 Å². The van der Waals surface area contributed by atoms with Crippen LogP contribution in [-0.4, -0.2) is 51.3 Å². The third-order valence-electron chi connectivity index (χ3n) is 3.03. The Hall–Kier alpha value is -1.15. The molecular weight excluding hydrogens is 278 g/mol. The normalized spacial score (nSPS) is 12.1. The maximum atomic E-state index is 12.3. The summed E-state index contributed by atoms with van der Waals surface area (Å²) in [4.78, 5) is 0. The molecule has 0 saturated heterocycles. The number of rotatable bonds is 8. The summed E-state index contributed by atoms with van der Waals surface area (Å²) < 4.78 is 32.2. The van der Waals surface area contributed by atoms with Crippen molar-refractivity contribution >= 4 is 10.2 Å². The molecule has 0 atom stereocenters. The van der Waals surface area contributed by atoms with Crippen molar-refractivity contribution in [2.75, 3.05) is 34.3 Å². The molecule has 0 spiro atoms. The Morgan fingerprint density at radius 3 is 2.25 bits per heavy atom. The minimum atomic E-state index is -3.45. The molecule has 114 valence electrons. The molecule has 0 aliphatic carbocycles. The highest BCUT2D eigenvalue weighted by Gasteiger charge is 2.23. The number of nitrogens with zero attached hydrogens (tertiary/aromatic N) is 2. The van der Waals surface area contributed by atoms with Gasteiger partial charge in [0.25, 0.3) is 10.2 Å². The van der Waals surface area contributed by atoms with Gasteiger partial charge in [-0.2, -0.15) is 17.0 Å². The first-order chi connectivity index (χ1) is 9.41. The topological polar surface area (TPSA) is 75.9 Å². The van der Waals surface area contributed by atoms with Crippen LogP contribution in [-0.2, 0) is 16.8 Å². The van der Waals surface area contributed by atoms with Crippen LogP contribution in [0.4, 0.5) is 0 Å². The van der Waals surface area contributed by atoms with Gasteiger partial charge in [-0.1, -0.05) is 12.1 Å². The SMILES string of the molecule is COc1ccc(CN(C)S(=O)(=O)N(C)CCCN)cc1. The zero-order valence-corrected chi connectivity index (χ0v) is 13.1. The van der Waals surface area contributed by atoms with Crippen LogP contribution in [0.2, 0.25) is 0 Å². The molecule has 0 aromatic heterocycles. The van der Waals surface area contributed by atoms with Crippen molar-refractivity contribution in [2.45, 2.75) is 13.0 Å². The maximum Gasteiger partial charge on any atom is 0.281 e.